The van der Waals surface area contributed by atoms with Crippen molar-refractivity contribution in [3.8, 4) is 0 Å². The number of fused-ring (bicyclic) bond motifs is 1. The number of nitrogens with zero attached hydrogens (tertiary/aromatic N) is 1. The van der Waals surface area contributed by atoms with Crippen molar-refractivity contribution in [2.24, 2.45) is 5.92 Å². The first-order valence-corrected chi connectivity index (χ1v) is 7.44. The summed E-state index contributed by atoms with van der Waals surface area (Å²) >= 11 is 0. The molecule has 0 aromatic rings. The van der Waals surface area contributed by atoms with Crippen LogP contribution >= 0.6 is 0 Å². The fourth-order valence-corrected chi connectivity index (χ4v) is 3.74. The Bertz CT molecular complexity index is 346. The molecular weight excluding hydrogens is 271 g/mol. The summed E-state index contributed by atoms with van der Waals surface area (Å²) < 4.78 is 36.4. The lowest BCUT2D eigenvalue weighted by Gasteiger charge is -2.33. The summed E-state index contributed by atoms with van der Waals surface area (Å²) in [6.45, 7) is 0.480. The van der Waals surface area contributed by atoms with Gasteiger partial charge in [0.15, 0.2) is 0 Å². The summed E-state index contributed by atoms with van der Waals surface area (Å²) in [5.74, 6) is -0.400. The second kappa shape index (κ2) is 6.33. The van der Waals surface area contributed by atoms with E-state index in [1.807, 2.05) is 4.90 Å². The molecule has 0 bridgehead atoms. The number of halogens is 3. The fourth-order valence-electron chi connectivity index (χ4n) is 3.74. The minimum atomic E-state index is -4.11. The van der Waals surface area contributed by atoms with Crippen LogP contribution in [-0.4, -0.2) is 40.8 Å². The van der Waals surface area contributed by atoms with Crippen molar-refractivity contribution in [3.63, 3.8) is 0 Å². The van der Waals surface area contributed by atoms with Crippen LogP contribution in [0.25, 0.3) is 0 Å². The van der Waals surface area contributed by atoms with E-state index in [1.165, 1.54) is 0 Å². The van der Waals surface area contributed by atoms with Crippen molar-refractivity contribution >= 4 is 5.97 Å². The van der Waals surface area contributed by atoms with Crippen molar-refractivity contribution in [1.29, 1.82) is 0 Å². The monoisotopic (exact) mass is 293 g/mol. The fraction of sp³-hybridized carbons (Fsp3) is 0.929. The van der Waals surface area contributed by atoms with E-state index in [-0.39, 0.29) is 12.5 Å². The molecule has 0 radical (unpaired) electrons. The quantitative estimate of drug-likeness (QED) is 0.789. The highest BCUT2D eigenvalue weighted by atomic mass is 19.4. The van der Waals surface area contributed by atoms with Crippen LogP contribution in [0.5, 0.6) is 0 Å². The summed E-state index contributed by atoms with van der Waals surface area (Å²) in [5, 5.41) is 9.29. The van der Waals surface area contributed by atoms with Crippen LogP contribution in [0.4, 0.5) is 13.2 Å². The number of carbonyl (C=O) groups is 1. The molecule has 2 rings (SSSR count). The van der Waals surface area contributed by atoms with Gasteiger partial charge in [0.2, 0.25) is 0 Å². The highest BCUT2D eigenvalue weighted by Crippen LogP contribution is 2.40. The Morgan fingerprint density at radius 2 is 1.90 bits per heavy atom. The van der Waals surface area contributed by atoms with Gasteiger partial charge in [0.1, 0.15) is 6.04 Å². The van der Waals surface area contributed by atoms with Crippen molar-refractivity contribution in [2.45, 2.75) is 69.6 Å². The maximum atomic E-state index is 12.1. The van der Waals surface area contributed by atoms with Gasteiger partial charge in [-0.25, -0.2) is 0 Å². The van der Waals surface area contributed by atoms with Crippen LogP contribution < -0.4 is 0 Å². The summed E-state index contributed by atoms with van der Waals surface area (Å²) in [7, 11) is 0. The number of carboxylic acids is 1. The van der Waals surface area contributed by atoms with Crippen molar-refractivity contribution < 1.29 is 23.1 Å². The average Bonchev–Trinajstić information content (AvgIpc) is 2.72. The Morgan fingerprint density at radius 3 is 2.55 bits per heavy atom. The van der Waals surface area contributed by atoms with Gasteiger partial charge >= 0.3 is 12.1 Å². The van der Waals surface area contributed by atoms with Gasteiger partial charge in [-0.2, -0.15) is 13.2 Å². The maximum Gasteiger partial charge on any atom is 0.389 e. The van der Waals surface area contributed by atoms with Gasteiger partial charge < -0.3 is 5.11 Å². The minimum absolute atomic E-state index is 0.0870. The molecule has 1 saturated heterocycles. The van der Waals surface area contributed by atoms with E-state index in [4.69, 9.17) is 0 Å². The molecule has 116 valence electrons. The molecule has 1 saturated carbocycles. The lowest BCUT2D eigenvalue weighted by molar-refractivity contribution is -0.143. The Balaban J connectivity index is 1.87. The molecule has 3 unspecified atom stereocenters. The predicted octanol–water partition coefficient (Wildman–Crippen LogP) is 3.44. The van der Waals surface area contributed by atoms with Crippen LogP contribution in [0.3, 0.4) is 0 Å². The molecule has 6 heteroatoms. The molecule has 1 N–H and O–H groups in total. The van der Waals surface area contributed by atoms with E-state index in [1.54, 1.807) is 0 Å². The summed E-state index contributed by atoms with van der Waals surface area (Å²) in [6.07, 6.45) is 0.607. The van der Waals surface area contributed by atoms with Gasteiger partial charge in [0, 0.05) is 12.5 Å². The zero-order valence-corrected chi connectivity index (χ0v) is 11.5. The van der Waals surface area contributed by atoms with E-state index in [0.29, 0.717) is 25.3 Å². The Hall–Kier alpha value is -0.780. The molecular formula is C14H22F3NO2. The van der Waals surface area contributed by atoms with Gasteiger partial charge in [-0.15, -0.1) is 0 Å². The van der Waals surface area contributed by atoms with Gasteiger partial charge in [-0.1, -0.05) is 12.8 Å². The van der Waals surface area contributed by atoms with E-state index in [0.717, 1.165) is 25.7 Å². The molecule has 20 heavy (non-hydrogen) atoms. The van der Waals surface area contributed by atoms with E-state index in [2.05, 4.69) is 0 Å². The molecule has 0 spiro atoms. The molecule has 2 fully saturated rings. The normalized spacial score (nSPS) is 31.2. The van der Waals surface area contributed by atoms with Gasteiger partial charge in [0.25, 0.3) is 0 Å². The molecule has 3 atom stereocenters. The molecule has 1 aliphatic heterocycles. The third-order valence-electron chi connectivity index (χ3n) is 4.63. The van der Waals surface area contributed by atoms with Gasteiger partial charge in [0.05, 0.1) is 0 Å². The number of unbranched alkanes of at least 4 members (excludes halogenated alkanes) is 1. The first-order valence-electron chi connectivity index (χ1n) is 7.44. The number of rotatable bonds is 5. The van der Waals surface area contributed by atoms with Gasteiger partial charge in [-0.3, -0.25) is 9.69 Å². The molecule has 0 aromatic heterocycles. The lowest BCUT2D eigenvalue weighted by Crippen LogP contribution is -2.42. The highest BCUT2D eigenvalue weighted by Gasteiger charge is 2.44. The van der Waals surface area contributed by atoms with Crippen LogP contribution in [0.15, 0.2) is 0 Å². The second-order valence-corrected chi connectivity index (χ2v) is 6.01. The predicted molar refractivity (Wildman–Crippen MR) is 68.4 cm³/mol. The Labute approximate surface area is 117 Å². The average molecular weight is 293 g/mol. The third-order valence-corrected chi connectivity index (χ3v) is 4.63. The van der Waals surface area contributed by atoms with Crippen molar-refractivity contribution in [1.82, 2.24) is 4.90 Å². The lowest BCUT2D eigenvalue weighted by atomic mass is 9.85. The highest BCUT2D eigenvalue weighted by molar-refractivity contribution is 5.74. The zero-order chi connectivity index (χ0) is 14.8. The zero-order valence-electron chi connectivity index (χ0n) is 11.5. The van der Waals surface area contributed by atoms with Crippen LogP contribution in [0, 0.1) is 5.92 Å². The van der Waals surface area contributed by atoms with E-state index < -0.39 is 24.6 Å². The van der Waals surface area contributed by atoms with Crippen molar-refractivity contribution in [3.05, 3.63) is 0 Å². The largest absolute Gasteiger partial charge is 0.480 e. The minimum Gasteiger partial charge on any atom is -0.480 e. The topological polar surface area (TPSA) is 40.5 Å². The van der Waals surface area contributed by atoms with Crippen molar-refractivity contribution in [2.75, 3.05) is 6.54 Å². The molecule has 2 aliphatic rings. The summed E-state index contributed by atoms with van der Waals surface area (Å²) in [6, 6.07) is -0.218. The number of carboxylic acid groups (broad SMARTS) is 1. The van der Waals surface area contributed by atoms with Crippen LogP contribution in [0.1, 0.15) is 51.4 Å². The first-order chi connectivity index (χ1) is 9.38. The molecule has 1 heterocycles. The summed E-state index contributed by atoms with van der Waals surface area (Å²) in [5.41, 5.74) is 0. The van der Waals surface area contributed by atoms with E-state index in [9.17, 15) is 23.1 Å². The first kappa shape index (κ1) is 15.6. The molecule has 0 aromatic carbocycles. The number of likely N-dealkylation sites (tertiary alicyclic amines) is 1. The Morgan fingerprint density at radius 1 is 1.20 bits per heavy atom. The van der Waals surface area contributed by atoms with Gasteiger partial charge in [-0.05, 0) is 44.6 Å². The third kappa shape index (κ3) is 3.87. The molecule has 0 amide bonds. The van der Waals surface area contributed by atoms with Crippen LogP contribution in [-0.2, 0) is 4.79 Å². The van der Waals surface area contributed by atoms with E-state index >= 15 is 0 Å². The number of hydrogen-bond acceptors (Lipinski definition) is 2. The molecule has 1 aliphatic carbocycles. The molecule has 3 nitrogen and oxygen atoms in total. The number of alkyl halides is 3. The summed E-state index contributed by atoms with van der Waals surface area (Å²) in [4.78, 5) is 13.3. The smallest absolute Gasteiger partial charge is 0.389 e. The number of aliphatic carboxylic acids is 1. The Kier molecular flexibility index (Phi) is 4.94. The van der Waals surface area contributed by atoms with Crippen LogP contribution in [0.2, 0.25) is 0 Å². The maximum absolute atomic E-state index is 12.1. The number of hydrogen-bond donors (Lipinski definition) is 1. The second-order valence-electron chi connectivity index (χ2n) is 6.01. The SMILES string of the molecule is O=C(O)C1CC2CCCCC2N1CCCCC(F)(F)F. The standard InChI is InChI=1S/C14H22F3NO2/c15-14(16,17)7-3-4-8-18-11-6-2-1-5-10(11)9-12(18)13(19)20/h10-12H,1-9H2,(H,19,20).